The van der Waals surface area contributed by atoms with Crippen molar-refractivity contribution in [2.24, 2.45) is 11.8 Å². The third kappa shape index (κ3) is 1.49. The molecule has 1 heterocycles. The molecule has 2 saturated carbocycles. The van der Waals surface area contributed by atoms with Gasteiger partial charge in [0.15, 0.2) is 0 Å². The van der Waals surface area contributed by atoms with Gasteiger partial charge in [0.1, 0.15) is 11.6 Å². The Morgan fingerprint density at radius 3 is 2.41 bits per heavy atom. The van der Waals surface area contributed by atoms with Gasteiger partial charge in [0, 0.05) is 6.54 Å². The Bertz CT molecular complexity index is 374. The molecule has 17 heavy (non-hydrogen) atoms. The SMILES string of the molecule is CCN1C(=O)C(C2CC2)NC(=O)C1(C)C1CC1. The summed E-state index contributed by atoms with van der Waals surface area (Å²) in [7, 11) is 0. The summed E-state index contributed by atoms with van der Waals surface area (Å²) in [6.07, 6.45) is 4.30. The monoisotopic (exact) mass is 236 g/mol. The highest BCUT2D eigenvalue weighted by Crippen LogP contribution is 2.46. The lowest BCUT2D eigenvalue weighted by molar-refractivity contribution is -0.158. The molecule has 1 saturated heterocycles. The molecule has 3 aliphatic rings. The summed E-state index contributed by atoms with van der Waals surface area (Å²) in [5, 5.41) is 2.97. The number of carbonyl (C=O) groups excluding carboxylic acids is 2. The van der Waals surface area contributed by atoms with E-state index in [2.05, 4.69) is 5.32 Å². The van der Waals surface area contributed by atoms with Crippen LogP contribution in [0.4, 0.5) is 0 Å². The van der Waals surface area contributed by atoms with Crippen LogP contribution in [0.25, 0.3) is 0 Å². The molecule has 0 aromatic rings. The highest BCUT2D eigenvalue weighted by atomic mass is 16.2. The zero-order chi connectivity index (χ0) is 12.2. The Kier molecular flexibility index (Phi) is 2.25. The van der Waals surface area contributed by atoms with E-state index in [9.17, 15) is 9.59 Å². The van der Waals surface area contributed by atoms with Crippen molar-refractivity contribution in [2.45, 2.75) is 51.1 Å². The van der Waals surface area contributed by atoms with Gasteiger partial charge in [-0.3, -0.25) is 9.59 Å². The van der Waals surface area contributed by atoms with Crippen molar-refractivity contribution < 1.29 is 9.59 Å². The second kappa shape index (κ2) is 3.47. The standard InChI is InChI=1S/C13H20N2O2/c1-3-15-11(16)10(8-4-5-8)14-12(17)13(15,2)9-6-7-9/h8-10H,3-7H2,1-2H3,(H,14,17). The third-order valence-corrected chi connectivity index (χ3v) is 4.62. The molecule has 2 unspecified atom stereocenters. The van der Waals surface area contributed by atoms with Gasteiger partial charge in [-0.15, -0.1) is 0 Å². The molecule has 0 aromatic carbocycles. The number of likely N-dealkylation sites (N-methyl/N-ethyl adjacent to an activating group) is 1. The number of nitrogens with one attached hydrogen (secondary N) is 1. The van der Waals surface area contributed by atoms with Gasteiger partial charge >= 0.3 is 0 Å². The van der Waals surface area contributed by atoms with E-state index in [1.165, 1.54) is 0 Å². The molecule has 1 N–H and O–H groups in total. The maximum absolute atomic E-state index is 12.4. The van der Waals surface area contributed by atoms with Gasteiger partial charge in [-0.25, -0.2) is 0 Å². The molecule has 0 bridgehead atoms. The van der Waals surface area contributed by atoms with Crippen LogP contribution in [0.5, 0.6) is 0 Å². The van der Waals surface area contributed by atoms with Crippen molar-refractivity contribution in [1.29, 1.82) is 0 Å². The summed E-state index contributed by atoms with van der Waals surface area (Å²) in [5.41, 5.74) is -0.586. The Labute approximate surface area is 102 Å². The van der Waals surface area contributed by atoms with E-state index < -0.39 is 5.54 Å². The molecule has 1 aliphatic heterocycles. The molecule has 0 radical (unpaired) electrons. The quantitative estimate of drug-likeness (QED) is 0.792. The predicted octanol–water partition coefficient (Wildman–Crippen LogP) is 0.912. The lowest BCUT2D eigenvalue weighted by Gasteiger charge is -2.46. The number of nitrogens with zero attached hydrogens (tertiary/aromatic N) is 1. The van der Waals surface area contributed by atoms with E-state index in [1.54, 1.807) is 0 Å². The number of hydrogen-bond donors (Lipinski definition) is 1. The molecule has 2 amide bonds. The minimum Gasteiger partial charge on any atom is -0.342 e. The Morgan fingerprint density at radius 1 is 1.29 bits per heavy atom. The van der Waals surface area contributed by atoms with Gasteiger partial charge in [-0.2, -0.15) is 0 Å². The van der Waals surface area contributed by atoms with Gasteiger partial charge in [0.2, 0.25) is 11.8 Å². The van der Waals surface area contributed by atoms with E-state index in [0.717, 1.165) is 25.7 Å². The topological polar surface area (TPSA) is 49.4 Å². The zero-order valence-corrected chi connectivity index (χ0v) is 10.5. The van der Waals surface area contributed by atoms with E-state index in [-0.39, 0.29) is 17.9 Å². The largest absolute Gasteiger partial charge is 0.342 e. The number of rotatable bonds is 3. The first-order valence-electron chi connectivity index (χ1n) is 6.71. The molecular formula is C13H20N2O2. The average molecular weight is 236 g/mol. The van der Waals surface area contributed by atoms with Crippen molar-refractivity contribution in [2.75, 3.05) is 6.54 Å². The minimum atomic E-state index is -0.586. The lowest BCUT2D eigenvalue weighted by atomic mass is 9.87. The van der Waals surface area contributed by atoms with Crippen LogP contribution in [0.15, 0.2) is 0 Å². The Morgan fingerprint density at radius 2 is 1.94 bits per heavy atom. The smallest absolute Gasteiger partial charge is 0.246 e. The van der Waals surface area contributed by atoms with Crippen LogP contribution in [0.2, 0.25) is 0 Å². The predicted molar refractivity (Wildman–Crippen MR) is 63.2 cm³/mol. The second-order valence-electron chi connectivity index (χ2n) is 5.79. The summed E-state index contributed by atoms with van der Waals surface area (Å²) in [4.78, 5) is 26.6. The lowest BCUT2D eigenvalue weighted by Crippen LogP contribution is -2.70. The number of amides is 2. The summed E-state index contributed by atoms with van der Waals surface area (Å²) >= 11 is 0. The van der Waals surface area contributed by atoms with Crippen LogP contribution in [-0.4, -0.2) is 34.8 Å². The van der Waals surface area contributed by atoms with Gasteiger partial charge in [-0.1, -0.05) is 0 Å². The zero-order valence-electron chi connectivity index (χ0n) is 10.5. The van der Waals surface area contributed by atoms with Crippen LogP contribution in [-0.2, 0) is 9.59 Å². The summed E-state index contributed by atoms with van der Waals surface area (Å²) in [6.45, 7) is 4.55. The van der Waals surface area contributed by atoms with Crippen molar-refractivity contribution in [3.05, 3.63) is 0 Å². The first-order chi connectivity index (χ1) is 8.09. The average Bonchev–Trinajstić information content (AvgIpc) is 3.17. The maximum Gasteiger partial charge on any atom is 0.246 e. The van der Waals surface area contributed by atoms with Gasteiger partial charge in [0.25, 0.3) is 0 Å². The van der Waals surface area contributed by atoms with Crippen molar-refractivity contribution in [3.8, 4) is 0 Å². The van der Waals surface area contributed by atoms with Crippen LogP contribution in [0.3, 0.4) is 0 Å². The fraction of sp³-hybridized carbons (Fsp3) is 0.846. The second-order valence-corrected chi connectivity index (χ2v) is 5.79. The molecule has 2 atom stereocenters. The molecule has 94 valence electrons. The van der Waals surface area contributed by atoms with Crippen molar-refractivity contribution in [3.63, 3.8) is 0 Å². The van der Waals surface area contributed by atoms with Crippen molar-refractivity contribution >= 4 is 11.8 Å². The molecule has 3 rings (SSSR count). The Hall–Kier alpha value is -1.06. The van der Waals surface area contributed by atoms with Crippen LogP contribution in [0, 0.1) is 11.8 Å². The molecule has 2 aliphatic carbocycles. The molecule has 4 heteroatoms. The number of carbonyl (C=O) groups is 2. The summed E-state index contributed by atoms with van der Waals surface area (Å²) < 4.78 is 0. The Balaban J connectivity index is 1.90. The van der Waals surface area contributed by atoms with E-state index in [4.69, 9.17) is 0 Å². The van der Waals surface area contributed by atoms with Gasteiger partial charge in [-0.05, 0) is 51.4 Å². The summed E-state index contributed by atoms with van der Waals surface area (Å²) in [6, 6.07) is -0.241. The number of hydrogen-bond acceptors (Lipinski definition) is 2. The first kappa shape index (κ1) is 11.1. The van der Waals surface area contributed by atoms with E-state index >= 15 is 0 Å². The fourth-order valence-corrected chi connectivity index (χ4v) is 3.15. The molecular weight excluding hydrogens is 216 g/mol. The fourth-order valence-electron chi connectivity index (χ4n) is 3.15. The van der Waals surface area contributed by atoms with Gasteiger partial charge < -0.3 is 10.2 Å². The highest BCUT2D eigenvalue weighted by Gasteiger charge is 2.58. The van der Waals surface area contributed by atoms with Crippen LogP contribution < -0.4 is 5.32 Å². The minimum absolute atomic E-state index is 0.0679. The van der Waals surface area contributed by atoms with Crippen LogP contribution in [0.1, 0.15) is 39.5 Å². The molecule has 0 aromatic heterocycles. The van der Waals surface area contributed by atoms with Crippen molar-refractivity contribution in [1.82, 2.24) is 10.2 Å². The molecule has 4 nitrogen and oxygen atoms in total. The van der Waals surface area contributed by atoms with E-state index in [1.807, 2.05) is 18.7 Å². The molecule has 0 spiro atoms. The maximum atomic E-state index is 12.4. The normalized spacial score (nSPS) is 38.2. The van der Waals surface area contributed by atoms with Crippen LogP contribution >= 0.6 is 0 Å². The highest BCUT2D eigenvalue weighted by molar-refractivity contribution is 6.00. The summed E-state index contributed by atoms with van der Waals surface area (Å²) in [5.74, 6) is 0.971. The first-order valence-corrected chi connectivity index (χ1v) is 6.71. The molecule has 3 fully saturated rings. The third-order valence-electron chi connectivity index (χ3n) is 4.62. The van der Waals surface area contributed by atoms with Gasteiger partial charge in [0.05, 0.1) is 0 Å². The van der Waals surface area contributed by atoms with E-state index in [0.29, 0.717) is 18.4 Å². The number of piperazine rings is 1.